The number of halogens is 7. The molecule has 2 aliphatic rings. The second-order valence-electron chi connectivity index (χ2n) is 13.6. The molecule has 8 rings (SSSR count). The van der Waals surface area contributed by atoms with Gasteiger partial charge in [-0.2, -0.15) is 0 Å². The Bertz CT molecular complexity index is 2620. The van der Waals surface area contributed by atoms with Gasteiger partial charge >= 0.3 is 11.9 Å². The number of carboxylic acid groups (broad SMARTS) is 2. The Morgan fingerprint density at radius 3 is 1.29 bits per heavy atom. The molecule has 21 heteroatoms. The number of fused-ring (bicyclic) bond motifs is 2. The highest BCUT2D eigenvalue weighted by molar-refractivity contribution is 5.93. The lowest BCUT2D eigenvalue weighted by Crippen LogP contribution is -2.28. The van der Waals surface area contributed by atoms with Gasteiger partial charge in [0.1, 0.15) is 34.4 Å². The van der Waals surface area contributed by atoms with Crippen LogP contribution in [-0.2, 0) is 0 Å². The molecule has 6 aromatic rings. The van der Waals surface area contributed by atoms with Crippen molar-refractivity contribution in [1.29, 1.82) is 0 Å². The standard InChI is InChI=1S/2C19H15F3N4O3.ClH/c2*20-9-1-2-15(13(21)5-9)26-8-12(19(28)29)16(27)11-6-14(22)18(24-17(11)26)25-4-3-10(23)7-25;/h2*1-2,5-6,8,10H,3-4,7,23H2,(H,28,29);1H. The van der Waals surface area contributed by atoms with Crippen molar-refractivity contribution >= 4 is 58.0 Å². The maximum Gasteiger partial charge on any atom is 0.341 e. The summed E-state index contributed by atoms with van der Waals surface area (Å²) in [7, 11) is 0. The van der Waals surface area contributed by atoms with Crippen LogP contribution in [0.25, 0.3) is 33.4 Å². The van der Waals surface area contributed by atoms with Crippen molar-refractivity contribution in [3.05, 3.63) is 127 Å². The van der Waals surface area contributed by atoms with Crippen LogP contribution in [0.4, 0.5) is 38.0 Å². The van der Waals surface area contributed by atoms with Crippen LogP contribution in [0.3, 0.4) is 0 Å². The molecule has 6 heterocycles. The Kier molecular flexibility index (Phi) is 11.7. The van der Waals surface area contributed by atoms with Crippen LogP contribution in [0.1, 0.15) is 33.6 Å². The van der Waals surface area contributed by atoms with E-state index in [-0.39, 0.29) is 69.6 Å². The first-order valence-electron chi connectivity index (χ1n) is 17.4. The van der Waals surface area contributed by atoms with E-state index in [1.807, 2.05) is 0 Å². The molecule has 0 saturated carbocycles. The summed E-state index contributed by atoms with van der Waals surface area (Å²) < 4.78 is 86.9. The normalized spacial score (nSPS) is 16.3. The summed E-state index contributed by atoms with van der Waals surface area (Å²) in [6.45, 7) is 1.58. The molecule has 2 aromatic carbocycles. The van der Waals surface area contributed by atoms with Gasteiger partial charge in [-0.1, -0.05) is 0 Å². The molecule has 14 nitrogen and oxygen atoms in total. The van der Waals surface area contributed by atoms with Crippen LogP contribution >= 0.6 is 12.4 Å². The Labute approximate surface area is 333 Å². The lowest BCUT2D eigenvalue weighted by atomic mass is 10.1. The number of anilines is 2. The largest absolute Gasteiger partial charge is 0.477 e. The number of pyridine rings is 4. The van der Waals surface area contributed by atoms with Crippen LogP contribution in [0.15, 0.2) is 70.5 Å². The number of rotatable bonds is 6. The topological polar surface area (TPSA) is 203 Å². The molecule has 4 aromatic heterocycles. The molecule has 2 unspecified atom stereocenters. The molecular formula is C38H31ClF6N8O6. The van der Waals surface area contributed by atoms with E-state index in [0.29, 0.717) is 51.2 Å². The number of hydrogen-bond acceptors (Lipinski definition) is 10. The molecule has 2 aliphatic heterocycles. The third-order valence-electron chi connectivity index (χ3n) is 9.67. The van der Waals surface area contributed by atoms with Gasteiger partial charge in [0.15, 0.2) is 34.6 Å². The van der Waals surface area contributed by atoms with E-state index in [0.717, 1.165) is 57.9 Å². The molecule has 0 bridgehead atoms. The number of benzene rings is 2. The SMILES string of the molecule is Cl.NC1CCN(c2nc3c(cc2F)c(=O)c(C(=O)O)cn3-c2ccc(F)cc2F)C1.NC1CCN(c2nc3c(cc2F)c(=O)c(C(=O)O)cn3-c2ccc(F)cc2F)C1. The predicted molar refractivity (Wildman–Crippen MR) is 205 cm³/mol. The Morgan fingerprint density at radius 1 is 0.610 bits per heavy atom. The minimum absolute atomic E-state index is 0. The maximum absolute atomic E-state index is 14.7. The average molecular weight is 845 g/mol. The van der Waals surface area contributed by atoms with Gasteiger partial charge in [0, 0.05) is 62.8 Å². The molecule has 308 valence electrons. The van der Waals surface area contributed by atoms with Gasteiger partial charge in [-0.3, -0.25) is 18.7 Å². The zero-order valence-electron chi connectivity index (χ0n) is 30.2. The minimum Gasteiger partial charge on any atom is -0.477 e. The third-order valence-corrected chi connectivity index (χ3v) is 9.67. The number of hydrogen-bond donors (Lipinski definition) is 4. The van der Waals surface area contributed by atoms with Crippen LogP contribution < -0.4 is 32.1 Å². The van der Waals surface area contributed by atoms with Gasteiger partial charge in [0.2, 0.25) is 10.9 Å². The first-order chi connectivity index (χ1) is 27.5. The van der Waals surface area contributed by atoms with Gasteiger partial charge < -0.3 is 31.5 Å². The monoisotopic (exact) mass is 844 g/mol. The fourth-order valence-electron chi connectivity index (χ4n) is 6.86. The first-order valence-corrected chi connectivity index (χ1v) is 17.4. The van der Waals surface area contributed by atoms with Crippen molar-refractivity contribution in [3.63, 3.8) is 0 Å². The van der Waals surface area contributed by atoms with E-state index in [2.05, 4.69) is 9.97 Å². The number of nitrogens with two attached hydrogens (primary N) is 2. The van der Waals surface area contributed by atoms with Gasteiger partial charge in [0.05, 0.1) is 22.1 Å². The average Bonchev–Trinajstić information content (AvgIpc) is 3.80. The Balaban J connectivity index is 0.000000195. The van der Waals surface area contributed by atoms with E-state index in [4.69, 9.17) is 11.5 Å². The van der Waals surface area contributed by atoms with E-state index < -0.39 is 68.8 Å². The number of nitrogens with zero attached hydrogens (tertiary/aromatic N) is 6. The number of carbonyl (C=O) groups is 2. The Hall–Kier alpha value is -6.51. The molecule has 0 aliphatic carbocycles. The van der Waals surface area contributed by atoms with E-state index >= 15 is 0 Å². The molecule has 0 amide bonds. The van der Waals surface area contributed by atoms with Crippen LogP contribution in [-0.4, -0.2) is 79.5 Å². The minimum atomic E-state index is -1.57. The summed E-state index contributed by atoms with van der Waals surface area (Å²) >= 11 is 0. The smallest absolute Gasteiger partial charge is 0.341 e. The second kappa shape index (κ2) is 16.4. The Morgan fingerprint density at radius 2 is 0.983 bits per heavy atom. The van der Waals surface area contributed by atoms with Crippen molar-refractivity contribution in [3.8, 4) is 11.4 Å². The van der Waals surface area contributed by atoms with Crippen molar-refractivity contribution < 1.29 is 46.1 Å². The van der Waals surface area contributed by atoms with E-state index in [1.165, 1.54) is 0 Å². The molecule has 59 heavy (non-hydrogen) atoms. The third kappa shape index (κ3) is 8.01. The molecule has 2 saturated heterocycles. The quantitative estimate of drug-likeness (QED) is 0.171. The summed E-state index contributed by atoms with van der Waals surface area (Å²) in [5.74, 6) is -8.60. The highest BCUT2D eigenvalue weighted by Gasteiger charge is 2.28. The van der Waals surface area contributed by atoms with E-state index in [9.17, 15) is 55.7 Å². The van der Waals surface area contributed by atoms with Crippen molar-refractivity contribution in [2.45, 2.75) is 24.9 Å². The molecular weight excluding hydrogens is 814 g/mol. The van der Waals surface area contributed by atoms with Gasteiger partial charge in [-0.25, -0.2) is 45.9 Å². The fraction of sp³-hybridized carbons (Fsp3) is 0.211. The lowest BCUT2D eigenvalue weighted by Gasteiger charge is -2.19. The van der Waals surface area contributed by atoms with Crippen LogP contribution in [0.2, 0.25) is 0 Å². The number of carboxylic acids is 2. The zero-order valence-corrected chi connectivity index (χ0v) is 31.0. The van der Waals surface area contributed by atoms with Gasteiger partial charge in [-0.05, 0) is 49.2 Å². The van der Waals surface area contributed by atoms with Crippen LogP contribution in [0.5, 0.6) is 0 Å². The van der Waals surface area contributed by atoms with Crippen molar-refractivity contribution in [2.75, 3.05) is 36.0 Å². The fourth-order valence-corrected chi connectivity index (χ4v) is 6.86. The van der Waals surface area contributed by atoms with Gasteiger partial charge in [-0.15, -0.1) is 12.4 Å². The second-order valence-corrected chi connectivity index (χ2v) is 13.6. The molecule has 0 spiro atoms. The summed E-state index contributed by atoms with van der Waals surface area (Å²) in [6, 6.07) is 6.78. The summed E-state index contributed by atoms with van der Waals surface area (Å²) in [4.78, 5) is 59.6. The summed E-state index contributed by atoms with van der Waals surface area (Å²) in [5.41, 5.74) is 7.65. The maximum atomic E-state index is 14.7. The van der Waals surface area contributed by atoms with Crippen LogP contribution in [0, 0.1) is 34.9 Å². The molecule has 2 atom stereocenters. The molecule has 6 N–H and O–H groups in total. The molecule has 2 fully saturated rings. The summed E-state index contributed by atoms with van der Waals surface area (Å²) in [5, 5.41) is 18.0. The van der Waals surface area contributed by atoms with Crippen molar-refractivity contribution in [2.24, 2.45) is 11.5 Å². The highest BCUT2D eigenvalue weighted by atomic mass is 35.5. The number of aromatic carboxylic acids is 2. The zero-order chi connectivity index (χ0) is 41.7. The lowest BCUT2D eigenvalue weighted by molar-refractivity contribution is 0.0684. The molecule has 0 radical (unpaired) electrons. The van der Waals surface area contributed by atoms with Crippen molar-refractivity contribution in [1.82, 2.24) is 19.1 Å². The number of aromatic nitrogens is 4. The van der Waals surface area contributed by atoms with Gasteiger partial charge in [0.25, 0.3) is 0 Å². The first kappa shape index (κ1) is 42.1. The summed E-state index contributed by atoms with van der Waals surface area (Å²) in [6.07, 6.45) is 3.04. The predicted octanol–water partition coefficient (Wildman–Crippen LogP) is 4.50. The highest BCUT2D eigenvalue weighted by Crippen LogP contribution is 2.29. The van der Waals surface area contributed by atoms with E-state index in [1.54, 1.807) is 9.80 Å².